The van der Waals surface area contributed by atoms with E-state index in [2.05, 4.69) is 78.6 Å². The molecule has 1 saturated heterocycles. The molecule has 1 aliphatic rings. The minimum Gasteiger partial charge on any atom is -0.410 e. The van der Waals surface area contributed by atoms with Crippen molar-refractivity contribution in [3.05, 3.63) is 0 Å². The van der Waals surface area contributed by atoms with E-state index in [9.17, 15) is 0 Å². The standard InChI is InChI=1S/C17H42O5Si4/c1-23(2,3)19-14-13-18-17(22-26(10,11)12)16(21-25(7,8)9)15(14)20-24(4,5)6/h14-17H,13H2,1-12H3/t14-,15+,16-,17-/m1/s1. The molecular weight excluding hydrogens is 397 g/mol. The van der Waals surface area contributed by atoms with Crippen LogP contribution >= 0.6 is 0 Å². The van der Waals surface area contributed by atoms with Crippen molar-refractivity contribution < 1.29 is 22.4 Å². The van der Waals surface area contributed by atoms with Crippen molar-refractivity contribution in [2.24, 2.45) is 0 Å². The van der Waals surface area contributed by atoms with Gasteiger partial charge in [-0.15, -0.1) is 0 Å². The van der Waals surface area contributed by atoms with Crippen molar-refractivity contribution in [1.82, 2.24) is 0 Å². The average Bonchev–Trinajstić information content (AvgIpc) is 2.30. The van der Waals surface area contributed by atoms with Crippen LogP contribution in [0.4, 0.5) is 0 Å². The highest BCUT2D eigenvalue weighted by Crippen LogP contribution is 2.31. The Morgan fingerprint density at radius 3 is 1.31 bits per heavy atom. The molecule has 9 heteroatoms. The molecule has 1 aliphatic heterocycles. The minimum atomic E-state index is -1.82. The smallest absolute Gasteiger partial charge is 0.187 e. The molecule has 0 amide bonds. The highest BCUT2D eigenvalue weighted by Gasteiger charge is 2.48. The van der Waals surface area contributed by atoms with E-state index in [-0.39, 0.29) is 24.6 Å². The highest BCUT2D eigenvalue weighted by atomic mass is 28.4. The van der Waals surface area contributed by atoms with Crippen molar-refractivity contribution in [2.75, 3.05) is 6.61 Å². The van der Waals surface area contributed by atoms with Crippen LogP contribution < -0.4 is 0 Å². The Morgan fingerprint density at radius 2 is 0.923 bits per heavy atom. The summed E-state index contributed by atoms with van der Waals surface area (Å²) >= 11 is 0. The van der Waals surface area contributed by atoms with Crippen LogP contribution in [0.1, 0.15) is 0 Å². The summed E-state index contributed by atoms with van der Waals surface area (Å²) in [5.74, 6) is 0. The lowest BCUT2D eigenvalue weighted by Crippen LogP contribution is -2.63. The zero-order valence-electron chi connectivity index (χ0n) is 19.1. The first-order chi connectivity index (χ1) is 11.4. The van der Waals surface area contributed by atoms with Crippen LogP contribution in [0.3, 0.4) is 0 Å². The Hall–Kier alpha value is 0.668. The van der Waals surface area contributed by atoms with Gasteiger partial charge in [-0.1, -0.05) is 0 Å². The molecule has 1 rings (SSSR count). The molecule has 0 bridgehead atoms. The molecule has 0 aromatic rings. The molecule has 26 heavy (non-hydrogen) atoms. The van der Waals surface area contributed by atoms with E-state index in [1.165, 1.54) is 0 Å². The van der Waals surface area contributed by atoms with E-state index >= 15 is 0 Å². The SMILES string of the molecule is C[Si](C)(C)O[C@H]1OC[C@@H](O[Si](C)(C)C)[C@H](O[Si](C)(C)C)[C@H]1O[Si](C)(C)C. The van der Waals surface area contributed by atoms with Gasteiger partial charge >= 0.3 is 0 Å². The van der Waals surface area contributed by atoms with Crippen molar-refractivity contribution in [3.8, 4) is 0 Å². The van der Waals surface area contributed by atoms with Gasteiger partial charge in [-0.2, -0.15) is 0 Å². The van der Waals surface area contributed by atoms with Crippen molar-refractivity contribution in [2.45, 2.75) is 103 Å². The molecule has 0 N–H and O–H groups in total. The second kappa shape index (κ2) is 8.58. The highest BCUT2D eigenvalue weighted by molar-refractivity contribution is 6.71. The van der Waals surface area contributed by atoms with Gasteiger partial charge < -0.3 is 22.4 Å². The first-order valence-electron chi connectivity index (χ1n) is 9.69. The maximum absolute atomic E-state index is 6.63. The van der Waals surface area contributed by atoms with Gasteiger partial charge in [0, 0.05) is 0 Å². The summed E-state index contributed by atoms with van der Waals surface area (Å²) in [5.41, 5.74) is 0. The van der Waals surface area contributed by atoms with Crippen molar-refractivity contribution in [1.29, 1.82) is 0 Å². The van der Waals surface area contributed by atoms with Gasteiger partial charge in [-0.25, -0.2) is 0 Å². The van der Waals surface area contributed by atoms with Gasteiger partial charge in [0.15, 0.2) is 39.6 Å². The molecule has 0 aliphatic carbocycles. The van der Waals surface area contributed by atoms with Gasteiger partial charge in [-0.05, 0) is 78.6 Å². The van der Waals surface area contributed by atoms with Crippen LogP contribution in [-0.2, 0) is 22.4 Å². The molecule has 0 radical (unpaired) electrons. The molecule has 0 aromatic carbocycles. The second-order valence-corrected chi connectivity index (χ2v) is 28.9. The molecule has 5 nitrogen and oxygen atoms in total. The molecule has 0 unspecified atom stereocenters. The predicted molar refractivity (Wildman–Crippen MR) is 119 cm³/mol. The van der Waals surface area contributed by atoms with Gasteiger partial charge in [0.2, 0.25) is 0 Å². The van der Waals surface area contributed by atoms with Gasteiger partial charge in [0.25, 0.3) is 0 Å². The Labute approximate surface area is 165 Å². The largest absolute Gasteiger partial charge is 0.410 e. The normalized spacial score (nSPS) is 29.1. The van der Waals surface area contributed by atoms with Crippen LogP contribution in [0, 0.1) is 0 Å². The zero-order chi connectivity index (χ0) is 20.6. The third-order valence-electron chi connectivity index (χ3n) is 3.34. The van der Waals surface area contributed by atoms with Gasteiger partial charge in [-0.3, -0.25) is 0 Å². The average molecular weight is 439 g/mol. The van der Waals surface area contributed by atoms with Crippen molar-refractivity contribution >= 4 is 33.3 Å². The molecule has 0 spiro atoms. The zero-order valence-corrected chi connectivity index (χ0v) is 23.1. The Balaban J connectivity index is 3.20. The van der Waals surface area contributed by atoms with Crippen molar-refractivity contribution in [3.63, 3.8) is 0 Å². The number of hydrogen-bond acceptors (Lipinski definition) is 5. The summed E-state index contributed by atoms with van der Waals surface area (Å²) in [4.78, 5) is 0. The fraction of sp³-hybridized carbons (Fsp3) is 1.00. The van der Waals surface area contributed by atoms with Gasteiger partial charge in [0.1, 0.15) is 12.2 Å². The summed E-state index contributed by atoms with van der Waals surface area (Å²) < 4.78 is 32.2. The van der Waals surface area contributed by atoms with E-state index < -0.39 is 33.3 Å². The summed E-state index contributed by atoms with van der Waals surface area (Å²) in [5, 5.41) is 0. The van der Waals surface area contributed by atoms with E-state index in [0.717, 1.165) is 0 Å². The third-order valence-corrected chi connectivity index (χ3v) is 7.24. The van der Waals surface area contributed by atoms with Crippen LogP contribution in [0.15, 0.2) is 0 Å². The fourth-order valence-electron chi connectivity index (χ4n) is 2.83. The van der Waals surface area contributed by atoms with E-state index in [4.69, 9.17) is 22.4 Å². The third kappa shape index (κ3) is 9.74. The van der Waals surface area contributed by atoms with Crippen LogP contribution in [-0.4, -0.2) is 64.5 Å². The van der Waals surface area contributed by atoms with Gasteiger partial charge in [0.05, 0.1) is 12.7 Å². The van der Waals surface area contributed by atoms with E-state index in [0.29, 0.717) is 6.61 Å². The first-order valence-corrected chi connectivity index (χ1v) is 23.3. The Bertz CT molecular complexity index is 406. The Kier molecular flexibility index (Phi) is 8.15. The van der Waals surface area contributed by atoms with Crippen LogP contribution in [0.2, 0.25) is 78.6 Å². The molecular formula is C17H42O5Si4. The van der Waals surface area contributed by atoms with E-state index in [1.807, 2.05) is 0 Å². The molecule has 0 aromatic heterocycles. The monoisotopic (exact) mass is 438 g/mol. The first kappa shape index (κ1) is 24.7. The van der Waals surface area contributed by atoms with E-state index in [1.54, 1.807) is 0 Å². The van der Waals surface area contributed by atoms with Crippen LogP contribution in [0.5, 0.6) is 0 Å². The lowest BCUT2D eigenvalue weighted by Gasteiger charge is -2.48. The second-order valence-electron chi connectivity index (χ2n) is 11.1. The van der Waals surface area contributed by atoms with Crippen LogP contribution in [0.25, 0.3) is 0 Å². The topological polar surface area (TPSA) is 46.2 Å². The fourth-order valence-corrected chi connectivity index (χ4v) is 7.01. The quantitative estimate of drug-likeness (QED) is 0.507. The molecule has 0 saturated carbocycles. The number of rotatable bonds is 8. The summed E-state index contributed by atoms with van der Waals surface area (Å²) in [6.45, 7) is 26.9. The maximum atomic E-state index is 6.63. The molecule has 156 valence electrons. The summed E-state index contributed by atoms with van der Waals surface area (Å²) in [6.07, 6.45) is -0.863. The number of hydrogen-bond donors (Lipinski definition) is 0. The molecule has 1 fully saturated rings. The lowest BCUT2D eigenvalue weighted by atomic mass is 10.1. The molecule has 4 atom stereocenters. The number of ether oxygens (including phenoxy) is 1. The Morgan fingerprint density at radius 1 is 0.538 bits per heavy atom. The maximum Gasteiger partial charge on any atom is 0.187 e. The molecule has 1 heterocycles. The lowest BCUT2D eigenvalue weighted by molar-refractivity contribution is -0.232. The minimum absolute atomic E-state index is 0.101. The predicted octanol–water partition coefficient (Wildman–Crippen LogP) is 4.85. The summed E-state index contributed by atoms with van der Waals surface area (Å²) in [6, 6.07) is 0. The summed E-state index contributed by atoms with van der Waals surface area (Å²) in [7, 11) is -7.14.